The Morgan fingerprint density at radius 3 is 3.29 bits per heavy atom. The van der Waals surface area contributed by atoms with Crippen LogP contribution in [0.4, 0.5) is 0 Å². The van der Waals surface area contributed by atoms with Crippen molar-refractivity contribution in [3.8, 4) is 0 Å². The number of aromatic nitrogens is 4. The highest BCUT2D eigenvalue weighted by Crippen LogP contribution is 2.18. The molecule has 0 aliphatic carbocycles. The molecule has 0 saturated carbocycles. The first-order chi connectivity index (χ1) is 10.3. The standard InChI is InChI=1S/C16H19N5/c1-11-9-20-15-8-13(4-7-21(11)15)19-10-12-2-5-17-16-14(12)3-6-18-16/h2-3,5-6,9,13,19H,4,7-8,10H2,1H3,(H,17,18). The molecule has 1 aliphatic heterocycles. The maximum atomic E-state index is 4.51. The van der Waals surface area contributed by atoms with Crippen molar-refractivity contribution in [1.29, 1.82) is 0 Å². The molecule has 0 aromatic carbocycles. The molecule has 1 atom stereocenters. The molecule has 5 heteroatoms. The van der Waals surface area contributed by atoms with Gasteiger partial charge < -0.3 is 14.9 Å². The predicted octanol–water partition coefficient (Wildman–Crippen LogP) is 2.17. The average molecular weight is 281 g/mol. The average Bonchev–Trinajstić information content (AvgIpc) is 3.12. The Hall–Kier alpha value is -2.14. The third-order valence-electron chi connectivity index (χ3n) is 4.40. The lowest BCUT2D eigenvalue weighted by atomic mass is 10.1. The van der Waals surface area contributed by atoms with Crippen LogP contribution >= 0.6 is 0 Å². The summed E-state index contributed by atoms with van der Waals surface area (Å²) in [5.41, 5.74) is 3.53. The summed E-state index contributed by atoms with van der Waals surface area (Å²) in [6, 6.07) is 4.69. The predicted molar refractivity (Wildman–Crippen MR) is 82.0 cm³/mol. The number of imidazole rings is 1. The van der Waals surface area contributed by atoms with Crippen molar-refractivity contribution < 1.29 is 0 Å². The van der Waals surface area contributed by atoms with Gasteiger partial charge in [0.15, 0.2) is 0 Å². The number of nitrogens with zero attached hydrogens (tertiary/aromatic N) is 3. The van der Waals surface area contributed by atoms with Gasteiger partial charge in [-0.2, -0.15) is 0 Å². The number of rotatable bonds is 3. The third kappa shape index (κ3) is 2.23. The van der Waals surface area contributed by atoms with E-state index in [1.165, 1.54) is 22.5 Å². The molecule has 0 fully saturated rings. The van der Waals surface area contributed by atoms with Crippen LogP contribution in [0.15, 0.2) is 30.7 Å². The van der Waals surface area contributed by atoms with Crippen LogP contribution in [0.3, 0.4) is 0 Å². The molecule has 1 unspecified atom stereocenters. The summed E-state index contributed by atoms with van der Waals surface area (Å²) in [5.74, 6) is 1.21. The van der Waals surface area contributed by atoms with Crippen molar-refractivity contribution in [2.45, 2.75) is 38.9 Å². The maximum absolute atomic E-state index is 4.51. The summed E-state index contributed by atoms with van der Waals surface area (Å²) in [6.45, 7) is 4.07. The second-order valence-corrected chi connectivity index (χ2v) is 5.75. The number of H-pyrrole nitrogens is 1. The van der Waals surface area contributed by atoms with E-state index < -0.39 is 0 Å². The number of pyridine rings is 1. The highest BCUT2D eigenvalue weighted by Gasteiger charge is 2.20. The van der Waals surface area contributed by atoms with Crippen molar-refractivity contribution in [1.82, 2.24) is 24.8 Å². The summed E-state index contributed by atoms with van der Waals surface area (Å²) in [5, 5.41) is 4.88. The largest absolute Gasteiger partial charge is 0.346 e. The van der Waals surface area contributed by atoms with Gasteiger partial charge in [-0.1, -0.05) is 0 Å². The zero-order valence-corrected chi connectivity index (χ0v) is 12.1. The van der Waals surface area contributed by atoms with E-state index in [-0.39, 0.29) is 0 Å². The molecule has 4 rings (SSSR count). The molecular weight excluding hydrogens is 262 g/mol. The molecule has 5 nitrogen and oxygen atoms in total. The van der Waals surface area contributed by atoms with E-state index in [4.69, 9.17) is 0 Å². The summed E-state index contributed by atoms with van der Waals surface area (Å²) in [4.78, 5) is 12.0. The fourth-order valence-electron chi connectivity index (χ4n) is 3.19. The number of nitrogens with one attached hydrogen (secondary N) is 2. The lowest BCUT2D eigenvalue weighted by molar-refractivity contribution is 0.390. The Kier molecular flexibility index (Phi) is 3.00. The molecule has 0 spiro atoms. The maximum Gasteiger partial charge on any atom is 0.137 e. The van der Waals surface area contributed by atoms with Gasteiger partial charge in [-0.05, 0) is 31.0 Å². The van der Waals surface area contributed by atoms with E-state index in [0.717, 1.165) is 31.6 Å². The minimum absolute atomic E-state index is 0.501. The van der Waals surface area contributed by atoms with Crippen molar-refractivity contribution in [3.63, 3.8) is 0 Å². The first kappa shape index (κ1) is 12.6. The van der Waals surface area contributed by atoms with Crippen molar-refractivity contribution in [2.24, 2.45) is 0 Å². The molecule has 1 aliphatic rings. The molecular formula is C16H19N5. The Labute approximate surface area is 123 Å². The minimum atomic E-state index is 0.501. The van der Waals surface area contributed by atoms with Crippen molar-refractivity contribution in [3.05, 3.63) is 47.8 Å². The smallest absolute Gasteiger partial charge is 0.137 e. The van der Waals surface area contributed by atoms with Crippen molar-refractivity contribution >= 4 is 11.0 Å². The topological polar surface area (TPSA) is 58.5 Å². The highest BCUT2D eigenvalue weighted by molar-refractivity contribution is 5.79. The van der Waals surface area contributed by atoms with Gasteiger partial charge in [0.25, 0.3) is 0 Å². The zero-order valence-electron chi connectivity index (χ0n) is 12.1. The molecule has 0 bridgehead atoms. The Morgan fingerprint density at radius 1 is 1.38 bits per heavy atom. The van der Waals surface area contributed by atoms with Gasteiger partial charge in [-0.3, -0.25) is 0 Å². The Morgan fingerprint density at radius 2 is 2.33 bits per heavy atom. The Bertz CT molecular complexity index is 770. The molecule has 4 heterocycles. The minimum Gasteiger partial charge on any atom is -0.346 e. The van der Waals surface area contributed by atoms with Crippen molar-refractivity contribution in [2.75, 3.05) is 0 Å². The van der Waals surface area contributed by atoms with Gasteiger partial charge in [-0.25, -0.2) is 9.97 Å². The van der Waals surface area contributed by atoms with Crippen LogP contribution in [0.5, 0.6) is 0 Å². The monoisotopic (exact) mass is 281 g/mol. The SMILES string of the molecule is Cc1cnc2n1CCC(NCc1ccnc3[nH]ccc13)C2. The number of fused-ring (bicyclic) bond motifs is 2. The molecule has 0 saturated heterocycles. The van der Waals surface area contributed by atoms with Gasteiger partial charge in [0.2, 0.25) is 0 Å². The van der Waals surface area contributed by atoms with Crippen LogP contribution in [0.1, 0.15) is 23.5 Å². The lowest BCUT2D eigenvalue weighted by Crippen LogP contribution is -2.36. The molecule has 21 heavy (non-hydrogen) atoms. The molecule has 2 N–H and O–H groups in total. The second-order valence-electron chi connectivity index (χ2n) is 5.75. The first-order valence-corrected chi connectivity index (χ1v) is 7.46. The summed E-state index contributed by atoms with van der Waals surface area (Å²) in [6.07, 6.45) is 7.96. The van der Waals surface area contributed by atoms with E-state index in [9.17, 15) is 0 Å². The van der Waals surface area contributed by atoms with Gasteiger partial charge >= 0.3 is 0 Å². The second kappa shape index (κ2) is 5.00. The molecule has 0 amide bonds. The van der Waals surface area contributed by atoms with Crippen LogP contribution < -0.4 is 5.32 Å². The fraction of sp³-hybridized carbons (Fsp3) is 0.375. The van der Waals surface area contributed by atoms with Crippen LogP contribution in [-0.4, -0.2) is 25.6 Å². The first-order valence-electron chi connectivity index (χ1n) is 7.46. The zero-order chi connectivity index (χ0) is 14.2. The van der Waals surface area contributed by atoms with E-state index >= 15 is 0 Å². The van der Waals surface area contributed by atoms with E-state index in [2.05, 4.69) is 43.9 Å². The van der Waals surface area contributed by atoms with Gasteiger partial charge in [0.05, 0.1) is 0 Å². The molecule has 108 valence electrons. The van der Waals surface area contributed by atoms with Crippen LogP contribution in [0.25, 0.3) is 11.0 Å². The van der Waals surface area contributed by atoms with Gasteiger partial charge in [0, 0.05) is 55.2 Å². The number of hydrogen-bond acceptors (Lipinski definition) is 3. The summed E-state index contributed by atoms with van der Waals surface area (Å²) >= 11 is 0. The van der Waals surface area contributed by atoms with Gasteiger partial charge in [-0.15, -0.1) is 0 Å². The van der Waals surface area contributed by atoms with Crippen LogP contribution in [0.2, 0.25) is 0 Å². The van der Waals surface area contributed by atoms with Crippen LogP contribution in [0, 0.1) is 6.92 Å². The number of aromatic amines is 1. The molecule has 0 radical (unpaired) electrons. The van der Waals surface area contributed by atoms with E-state index in [1.807, 2.05) is 18.6 Å². The third-order valence-corrected chi connectivity index (χ3v) is 4.40. The lowest BCUT2D eigenvalue weighted by Gasteiger charge is -2.25. The highest BCUT2D eigenvalue weighted by atomic mass is 15.1. The van der Waals surface area contributed by atoms with Crippen LogP contribution in [-0.2, 0) is 19.5 Å². The van der Waals surface area contributed by atoms with E-state index in [0.29, 0.717) is 6.04 Å². The summed E-state index contributed by atoms with van der Waals surface area (Å²) < 4.78 is 2.33. The van der Waals surface area contributed by atoms with Gasteiger partial charge in [0.1, 0.15) is 11.5 Å². The normalized spacial score (nSPS) is 18.0. The quantitative estimate of drug-likeness (QED) is 0.773. The van der Waals surface area contributed by atoms with E-state index in [1.54, 1.807) is 0 Å². The summed E-state index contributed by atoms with van der Waals surface area (Å²) in [7, 11) is 0. The number of hydrogen-bond donors (Lipinski definition) is 2. The number of aryl methyl sites for hydroxylation is 1. The molecule has 3 aromatic heterocycles. The Balaban J connectivity index is 1.47. The fourth-order valence-corrected chi connectivity index (χ4v) is 3.19. The molecule has 3 aromatic rings.